The summed E-state index contributed by atoms with van der Waals surface area (Å²) >= 11 is 12.1. The largest absolute Gasteiger partial charge is 0.439 e. The standard InChI is InChI=1S/C18H15ClFN3O4S3/c1-23(24)18(28)29-9-15-22-16(11-4-7-14(20)13(19)8-11)17(27-15)10-2-5-12(6-3-10)30(21,25)26/h2-8,24H,9H2,1H3,(H2,21,25,26). The van der Waals surface area contributed by atoms with Crippen molar-refractivity contribution in [3.8, 4) is 22.6 Å². The lowest BCUT2D eigenvalue weighted by atomic mass is 10.1. The summed E-state index contributed by atoms with van der Waals surface area (Å²) in [6.07, 6.45) is 0. The lowest BCUT2D eigenvalue weighted by molar-refractivity contribution is 0.0205. The maximum Gasteiger partial charge on any atom is 0.238 e. The van der Waals surface area contributed by atoms with Gasteiger partial charge in [0, 0.05) is 18.2 Å². The highest BCUT2D eigenvalue weighted by atomic mass is 35.5. The van der Waals surface area contributed by atoms with E-state index >= 15 is 0 Å². The highest BCUT2D eigenvalue weighted by Gasteiger charge is 2.19. The molecule has 0 aliphatic heterocycles. The third kappa shape index (κ3) is 5.17. The molecule has 0 radical (unpaired) electrons. The van der Waals surface area contributed by atoms with Gasteiger partial charge in [-0.25, -0.2) is 28.0 Å². The molecule has 7 nitrogen and oxygen atoms in total. The summed E-state index contributed by atoms with van der Waals surface area (Å²) < 4.78 is 42.7. The summed E-state index contributed by atoms with van der Waals surface area (Å²) in [6.45, 7) is 0. The van der Waals surface area contributed by atoms with Crippen LogP contribution in [0.4, 0.5) is 4.39 Å². The summed E-state index contributed by atoms with van der Waals surface area (Å²) in [6, 6.07) is 9.88. The summed E-state index contributed by atoms with van der Waals surface area (Å²) in [5, 5.41) is 15.2. The summed E-state index contributed by atoms with van der Waals surface area (Å²) in [4.78, 5) is 4.41. The molecule has 12 heteroatoms. The molecule has 1 aromatic heterocycles. The molecule has 3 aromatic rings. The number of halogens is 2. The molecule has 0 atom stereocenters. The van der Waals surface area contributed by atoms with Gasteiger partial charge in [-0.2, -0.15) is 0 Å². The van der Waals surface area contributed by atoms with E-state index in [0.29, 0.717) is 28.5 Å². The van der Waals surface area contributed by atoms with Crippen LogP contribution < -0.4 is 5.14 Å². The van der Waals surface area contributed by atoms with E-state index in [1.54, 1.807) is 0 Å². The number of thioether (sulfide) groups is 1. The molecule has 3 N–H and O–H groups in total. The topological polar surface area (TPSA) is 110 Å². The molecule has 0 aliphatic carbocycles. The van der Waals surface area contributed by atoms with Crippen molar-refractivity contribution in [2.24, 2.45) is 5.14 Å². The predicted molar refractivity (Wildman–Crippen MR) is 117 cm³/mol. The summed E-state index contributed by atoms with van der Waals surface area (Å²) in [5.74, 6) is 0.277. The van der Waals surface area contributed by atoms with Gasteiger partial charge in [0.15, 0.2) is 10.1 Å². The van der Waals surface area contributed by atoms with E-state index in [9.17, 15) is 18.0 Å². The zero-order valence-corrected chi connectivity index (χ0v) is 18.6. The van der Waals surface area contributed by atoms with Gasteiger partial charge in [-0.3, -0.25) is 5.21 Å². The molecule has 158 valence electrons. The van der Waals surface area contributed by atoms with Crippen molar-refractivity contribution < 1.29 is 22.4 Å². The SMILES string of the molecule is CN(O)C(=S)SCc1nc(-c2ccc(F)c(Cl)c2)c(-c2ccc(S(N)(=O)=O)cc2)o1. The lowest BCUT2D eigenvalue weighted by Gasteiger charge is -2.08. The van der Waals surface area contributed by atoms with Crippen LogP contribution >= 0.6 is 35.6 Å². The Balaban J connectivity index is 2.05. The average molecular weight is 488 g/mol. The zero-order chi connectivity index (χ0) is 22.1. The van der Waals surface area contributed by atoms with Gasteiger partial charge in [0.1, 0.15) is 11.5 Å². The molecule has 1 heterocycles. The first-order valence-corrected chi connectivity index (χ1v) is 11.6. The number of nitrogens with two attached hydrogens (primary N) is 1. The van der Waals surface area contributed by atoms with Crippen LogP contribution in [0.3, 0.4) is 0 Å². The van der Waals surface area contributed by atoms with Crippen molar-refractivity contribution in [1.29, 1.82) is 0 Å². The second kappa shape index (κ2) is 9.00. The number of sulfonamides is 1. The van der Waals surface area contributed by atoms with E-state index in [-0.39, 0.29) is 20.0 Å². The third-order valence-electron chi connectivity index (χ3n) is 3.89. The number of benzene rings is 2. The predicted octanol–water partition coefficient (Wildman–Crippen LogP) is 4.29. The number of hydrogen-bond acceptors (Lipinski definition) is 7. The number of rotatable bonds is 5. The first-order chi connectivity index (χ1) is 14.1. The number of nitrogens with zero attached hydrogens (tertiary/aromatic N) is 2. The molecule has 30 heavy (non-hydrogen) atoms. The summed E-state index contributed by atoms with van der Waals surface area (Å²) in [7, 11) is -2.45. The van der Waals surface area contributed by atoms with Crippen molar-refractivity contribution >= 4 is 49.9 Å². The Hall–Kier alpha value is -2.02. The Morgan fingerprint density at radius 3 is 2.50 bits per heavy atom. The smallest absolute Gasteiger partial charge is 0.238 e. The van der Waals surface area contributed by atoms with Crippen LogP contribution in [-0.2, 0) is 15.8 Å². The molecular formula is C18H15ClFN3O4S3. The number of aromatic nitrogens is 1. The molecule has 0 unspecified atom stereocenters. The molecule has 3 rings (SSSR count). The number of primary sulfonamides is 1. The van der Waals surface area contributed by atoms with Gasteiger partial charge in [-0.1, -0.05) is 35.6 Å². The minimum absolute atomic E-state index is 0.0516. The molecule has 0 amide bonds. The van der Waals surface area contributed by atoms with Crippen LogP contribution in [0.2, 0.25) is 5.02 Å². The van der Waals surface area contributed by atoms with Crippen molar-refractivity contribution in [1.82, 2.24) is 10.0 Å². The number of thiocarbonyl (C=S) groups is 1. The van der Waals surface area contributed by atoms with Gasteiger partial charge >= 0.3 is 0 Å². The highest BCUT2D eigenvalue weighted by Crippen LogP contribution is 2.35. The van der Waals surface area contributed by atoms with Crippen LogP contribution in [0.1, 0.15) is 5.89 Å². The zero-order valence-electron chi connectivity index (χ0n) is 15.4. The second-order valence-corrected chi connectivity index (χ2v) is 9.64. The molecule has 2 aromatic carbocycles. The fourth-order valence-corrected chi connectivity index (χ4v) is 3.90. The Morgan fingerprint density at radius 2 is 1.93 bits per heavy atom. The van der Waals surface area contributed by atoms with Gasteiger partial charge in [0.2, 0.25) is 15.9 Å². The van der Waals surface area contributed by atoms with Gasteiger partial charge in [0.05, 0.1) is 15.7 Å². The second-order valence-electron chi connectivity index (χ2n) is 6.06. The maximum absolute atomic E-state index is 13.6. The normalized spacial score (nSPS) is 11.5. The average Bonchev–Trinajstić information content (AvgIpc) is 3.12. The van der Waals surface area contributed by atoms with Crippen LogP contribution in [0.15, 0.2) is 51.8 Å². The van der Waals surface area contributed by atoms with Crippen molar-refractivity contribution in [2.45, 2.75) is 10.6 Å². The molecule has 0 saturated heterocycles. The maximum atomic E-state index is 13.6. The molecule has 0 aliphatic rings. The van der Waals surface area contributed by atoms with Crippen LogP contribution in [0.25, 0.3) is 22.6 Å². The fraction of sp³-hybridized carbons (Fsp3) is 0.111. The minimum Gasteiger partial charge on any atom is -0.439 e. The highest BCUT2D eigenvalue weighted by molar-refractivity contribution is 8.22. The molecular weight excluding hydrogens is 473 g/mol. The Kier molecular flexibility index (Phi) is 6.80. The van der Waals surface area contributed by atoms with Gasteiger partial charge < -0.3 is 4.42 Å². The monoisotopic (exact) mass is 487 g/mol. The van der Waals surface area contributed by atoms with E-state index in [1.165, 1.54) is 49.5 Å². The van der Waals surface area contributed by atoms with Gasteiger partial charge in [-0.15, -0.1) is 0 Å². The Bertz CT molecular complexity index is 1200. The summed E-state index contributed by atoms with van der Waals surface area (Å²) in [5.41, 5.74) is 1.43. The molecule has 0 spiro atoms. The number of oxazole rings is 1. The molecule has 0 fully saturated rings. The van der Waals surface area contributed by atoms with Crippen molar-refractivity contribution in [3.63, 3.8) is 0 Å². The third-order valence-corrected chi connectivity index (χ3v) is 6.63. The number of hydrogen-bond donors (Lipinski definition) is 2. The van der Waals surface area contributed by atoms with Crippen molar-refractivity contribution in [2.75, 3.05) is 7.05 Å². The first kappa shape index (κ1) is 22.7. The Morgan fingerprint density at radius 1 is 1.30 bits per heavy atom. The van der Waals surface area contributed by atoms with Crippen LogP contribution in [0.5, 0.6) is 0 Å². The van der Waals surface area contributed by atoms with E-state index in [0.717, 1.165) is 16.8 Å². The van der Waals surface area contributed by atoms with Gasteiger partial charge in [0.25, 0.3) is 0 Å². The molecule has 0 saturated carbocycles. The Labute approximate surface area is 186 Å². The van der Waals surface area contributed by atoms with Crippen molar-refractivity contribution in [3.05, 3.63) is 59.2 Å². The quantitative estimate of drug-likeness (QED) is 0.405. The number of hydroxylamine groups is 2. The molecule has 0 bridgehead atoms. The van der Waals surface area contributed by atoms with Gasteiger partial charge in [-0.05, 0) is 42.5 Å². The lowest BCUT2D eigenvalue weighted by Crippen LogP contribution is -2.17. The van der Waals surface area contributed by atoms with E-state index in [2.05, 4.69) is 4.98 Å². The van der Waals surface area contributed by atoms with E-state index < -0.39 is 15.8 Å². The first-order valence-electron chi connectivity index (χ1n) is 8.24. The van der Waals surface area contributed by atoms with Crippen LogP contribution in [-0.4, -0.2) is 35.0 Å². The van der Waals surface area contributed by atoms with Crippen LogP contribution in [0, 0.1) is 5.82 Å². The van der Waals surface area contributed by atoms with E-state index in [4.69, 9.17) is 33.4 Å². The van der Waals surface area contributed by atoms with E-state index in [1.807, 2.05) is 0 Å². The fourth-order valence-electron chi connectivity index (χ4n) is 2.47. The minimum atomic E-state index is -3.85.